The smallest absolute Gasteiger partial charge is 0.308 e. The third-order valence-corrected chi connectivity index (χ3v) is 4.49. The topological polar surface area (TPSA) is 93.7 Å². The third-order valence-electron chi connectivity index (χ3n) is 4.49. The van der Waals surface area contributed by atoms with Gasteiger partial charge in [-0.3, -0.25) is 14.4 Å². The molecule has 3 rings (SSSR count). The fraction of sp³-hybridized carbons (Fsp3) is 0.160. The van der Waals surface area contributed by atoms with Crippen LogP contribution in [-0.4, -0.2) is 24.4 Å². The second-order valence-electron chi connectivity index (χ2n) is 6.87. The maximum absolute atomic E-state index is 12.6. The van der Waals surface area contributed by atoms with Gasteiger partial charge < -0.3 is 20.1 Å². The van der Waals surface area contributed by atoms with Gasteiger partial charge in [-0.05, 0) is 61.0 Å². The van der Waals surface area contributed by atoms with E-state index in [-0.39, 0.29) is 18.4 Å². The van der Waals surface area contributed by atoms with Crippen LogP contribution in [0, 0.1) is 0 Å². The fourth-order valence-corrected chi connectivity index (χ4v) is 3.00. The lowest BCUT2D eigenvalue weighted by molar-refractivity contribution is -0.131. The fourth-order valence-electron chi connectivity index (χ4n) is 3.00. The Kier molecular flexibility index (Phi) is 7.59. The molecule has 7 nitrogen and oxygen atoms in total. The highest BCUT2D eigenvalue weighted by Gasteiger charge is 2.12. The summed E-state index contributed by atoms with van der Waals surface area (Å²) in [6.45, 7) is 3.95. The Bertz CT molecular complexity index is 1110. The van der Waals surface area contributed by atoms with E-state index in [2.05, 4.69) is 10.6 Å². The number of anilines is 1. The van der Waals surface area contributed by atoms with Gasteiger partial charge in [-0.1, -0.05) is 24.3 Å². The number of esters is 1. The Morgan fingerprint density at radius 3 is 2.28 bits per heavy atom. The number of hydrogen-bond acceptors (Lipinski definition) is 5. The first-order chi connectivity index (χ1) is 15.5. The van der Waals surface area contributed by atoms with Crippen LogP contribution < -0.4 is 20.1 Å². The van der Waals surface area contributed by atoms with Gasteiger partial charge in [0.05, 0.1) is 6.61 Å². The van der Waals surface area contributed by atoms with Crippen molar-refractivity contribution < 1.29 is 23.9 Å². The lowest BCUT2D eigenvalue weighted by Gasteiger charge is -2.13. The molecule has 0 fully saturated rings. The number of nitrogens with one attached hydrogen (secondary N) is 2. The summed E-state index contributed by atoms with van der Waals surface area (Å²) in [5.74, 6) is -0.0505. The second-order valence-corrected chi connectivity index (χ2v) is 6.87. The molecule has 2 N–H and O–H groups in total. The minimum atomic E-state index is -0.459. The molecule has 0 aliphatic carbocycles. The van der Waals surface area contributed by atoms with Gasteiger partial charge in [-0.2, -0.15) is 0 Å². The van der Waals surface area contributed by atoms with Crippen LogP contribution >= 0.6 is 0 Å². The maximum Gasteiger partial charge on any atom is 0.308 e. The average molecular weight is 432 g/mol. The second kappa shape index (κ2) is 10.8. The molecule has 0 atom stereocenters. The monoisotopic (exact) mass is 432 g/mol. The van der Waals surface area contributed by atoms with Gasteiger partial charge >= 0.3 is 5.97 Å². The van der Waals surface area contributed by atoms with Crippen LogP contribution in [-0.2, 0) is 11.3 Å². The number of ether oxygens (including phenoxy) is 2. The number of rotatable bonds is 8. The van der Waals surface area contributed by atoms with Crippen molar-refractivity contribution in [2.24, 2.45) is 0 Å². The third kappa shape index (κ3) is 6.18. The van der Waals surface area contributed by atoms with Crippen molar-refractivity contribution in [2.45, 2.75) is 20.4 Å². The minimum absolute atomic E-state index is 0.205. The van der Waals surface area contributed by atoms with E-state index in [1.807, 2.05) is 25.1 Å². The van der Waals surface area contributed by atoms with Crippen molar-refractivity contribution in [1.29, 1.82) is 0 Å². The molecule has 0 heterocycles. The number of para-hydroxylation sites is 1. The summed E-state index contributed by atoms with van der Waals surface area (Å²) in [6, 6.07) is 20.5. The number of amides is 2. The molecule has 0 radical (unpaired) electrons. The van der Waals surface area contributed by atoms with Crippen molar-refractivity contribution in [3.05, 3.63) is 89.5 Å². The maximum atomic E-state index is 12.6. The van der Waals surface area contributed by atoms with Gasteiger partial charge in [-0.25, -0.2) is 0 Å². The zero-order chi connectivity index (χ0) is 22.9. The number of carbonyl (C=O) groups is 3. The van der Waals surface area contributed by atoms with Crippen LogP contribution in [0.2, 0.25) is 0 Å². The van der Waals surface area contributed by atoms with Crippen LogP contribution in [0.4, 0.5) is 5.69 Å². The lowest BCUT2D eigenvalue weighted by Crippen LogP contribution is -2.24. The summed E-state index contributed by atoms with van der Waals surface area (Å²) in [6.07, 6.45) is 0. The SMILES string of the molecule is CCOc1ccc(C(=O)Nc2ccccc2CNC(=O)c2cccc(OC(C)=O)c2)cc1. The molecule has 0 aromatic heterocycles. The van der Waals surface area contributed by atoms with E-state index in [1.54, 1.807) is 48.5 Å². The molecule has 0 aliphatic rings. The van der Waals surface area contributed by atoms with Crippen LogP contribution in [0.3, 0.4) is 0 Å². The van der Waals surface area contributed by atoms with Crippen molar-refractivity contribution in [1.82, 2.24) is 5.32 Å². The standard InChI is InChI=1S/C25H24N2O5/c1-3-31-21-13-11-18(12-14-21)25(30)27-23-10-5-4-7-20(23)16-26-24(29)19-8-6-9-22(15-19)32-17(2)28/h4-15H,3,16H2,1-2H3,(H,26,29)(H,27,30). The zero-order valence-electron chi connectivity index (χ0n) is 17.9. The van der Waals surface area contributed by atoms with E-state index < -0.39 is 5.97 Å². The number of benzene rings is 3. The molecule has 32 heavy (non-hydrogen) atoms. The lowest BCUT2D eigenvalue weighted by atomic mass is 10.1. The van der Waals surface area contributed by atoms with E-state index in [1.165, 1.54) is 13.0 Å². The summed E-state index contributed by atoms with van der Waals surface area (Å²) in [5.41, 5.74) is 2.20. The Labute approximate surface area is 186 Å². The van der Waals surface area contributed by atoms with Gasteiger partial charge in [0.1, 0.15) is 11.5 Å². The van der Waals surface area contributed by atoms with Gasteiger partial charge in [-0.15, -0.1) is 0 Å². The van der Waals surface area contributed by atoms with Crippen LogP contribution in [0.5, 0.6) is 11.5 Å². The highest BCUT2D eigenvalue weighted by molar-refractivity contribution is 6.04. The molecule has 164 valence electrons. The summed E-state index contributed by atoms with van der Waals surface area (Å²) in [7, 11) is 0. The van der Waals surface area contributed by atoms with Crippen molar-refractivity contribution >= 4 is 23.5 Å². The predicted octanol–water partition coefficient (Wildman–Crippen LogP) is 4.19. The first kappa shape index (κ1) is 22.6. The highest BCUT2D eigenvalue weighted by Crippen LogP contribution is 2.19. The molecular weight excluding hydrogens is 408 g/mol. The Morgan fingerprint density at radius 1 is 0.812 bits per heavy atom. The van der Waals surface area contributed by atoms with Crippen LogP contribution in [0.15, 0.2) is 72.8 Å². The summed E-state index contributed by atoms with van der Waals surface area (Å²) < 4.78 is 10.4. The Morgan fingerprint density at radius 2 is 1.56 bits per heavy atom. The molecule has 0 bridgehead atoms. The van der Waals surface area contributed by atoms with E-state index in [0.717, 1.165) is 5.56 Å². The summed E-state index contributed by atoms with van der Waals surface area (Å²) >= 11 is 0. The predicted molar refractivity (Wildman–Crippen MR) is 121 cm³/mol. The minimum Gasteiger partial charge on any atom is -0.494 e. The quantitative estimate of drug-likeness (QED) is 0.411. The molecule has 3 aromatic rings. The van der Waals surface area contributed by atoms with Gasteiger partial charge in [0.2, 0.25) is 0 Å². The molecule has 0 unspecified atom stereocenters. The number of hydrogen-bond donors (Lipinski definition) is 2. The molecule has 0 saturated carbocycles. The Hall–Kier alpha value is -4.13. The van der Waals surface area contributed by atoms with Gasteiger partial charge in [0.25, 0.3) is 11.8 Å². The average Bonchev–Trinajstić information content (AvgIpc) is 2.78. The van der Waals surface area contributed by atoms with Crippen LogP contribution in [0.1, 0.15) is 40.1 Å². The molecule has 0 saturated heterocycles. The molecule has 0 aliphatic heterocycles. The summed E-state index contributed by atoms with van der Waals surface area (Å²) in [5, 5.41) is 5.71. The van der Waals surface area contributed by atoms with Crippen molar-refractivity contribution in [3.63, 3.8) is 0 Å². The van der Waals surface area contributed by atoms with Crippen molar-refractivity contribution in [2.75, 3.05) is 11.9 Å². The van der Waals surface area contributed by atoms with E-state index >= 15 is 0 Å². The highest BCUT2D eigenvalue weighted by atomic mass is 16.5. The zero-order valence-corrected chi connectivity index (χ0v) is 17.9. The van der Waals surface area contributed by atoms with Crippen LogP contribution in [0.25, 0.3) is 0 Å². The molecule has 0 spiro atoms. The Balaban J connectivity index is 1.65. The van der Waals surface area contributed by atoms with E-state index in [4.69, 9.17) is 9.47 Å². The molecule has 7 heteroatoms. The van der Waals surface area contributed by atoms with Crippen molar-refractivity contribution in [3.8, 4) is 11.5 Å². The first-order valence-electron chi connectivity index (χ1n) is 10.1. The molecule has 2 amide bonds. The largest absolute Gasteiger partial charge is 0.494 e. The molecular formula is C25H24N2O5. The van der Waals surface area contributed by atoms with E-state index in [0.29, 0.717) is 34.9 Å². The van der Waals surface area contributed by atoms with E-state index in [9.17, 15) is 14.4 Å². The van der Waals surface area contributed by atoms with Gasteiger partial charge in [0.15, 0.2) is 0 Å². The van der Waals surface area contributed by atoms with Gasteiger partial charge in [0, 0.05) is 30.3 Å². The first-order valence-corrected chi connectivity index (χ1v) is 10.1. The molecule has 3 aromatic carbocycles. The summed E-state index contributed by atoms with van der Waals surface area (Å²) in [4.78, 5) is 36.3. The number of carbonyl (C=O) groups excluding carboxylic acids is 3. The normalized spacial score (nSPS) is 10.2.